The van der Waals surface area contributed by atoms with Crippen LogP contribution < -0.4 is 10.6 Å². The molecule has 4 atom stereocenters. The molecule has 6 rings (SSSR count). The molecule has 4 aromatic rings. The first kappa shape index (κ1) is 30.7. The number of carbonyl (C=O) groups excluding carboxylic acids is 4. The van der Waals surface area contributed by atoms with Crippen LogP contribution in [0.4, 0.5) is 17.2 Å². The number of imide groups is 1. The molecule has 2 aromatic carbocycles. The summed E-state index contributed by atoms with van der Waals surface area (Å²) in [5, 5.41) is 36.4. The van der Waals surface area contributed by atoms with Crippen molar-refractivity contribution in [2.45, 2.75) is 50.2 Å². The Kier molecular flexibility index (Phi) is 8.67. The highest BCUT2D eigenvalue weighted by molar-refractivity contribution is 6.01. The lowest BCUT2D eigenvalue weighted by atomic mass is 10.1. The molecule has 0 spiro atoms. The molecule has 0 saturated carbocycles. The molecule has 0 unspecified atom stereocenters. The lowest BCUT2D eigenvalue weighted by Gasteiger charge is -2.16. The Morgan fingerprint density at radius 1 is 0.891 bits per heavy atom. The van der Waals surface area contributed by atoms with Crippen LogP contribution in [0.3, 0.4) is 0 Å². The molecule has 2 saturated heterocycles. The molecule has 5 N–H and O–H groups in total. The smallest absolute Gasteiger partial charge is 0.337 e. The van der Waals surface area contributed by atoms with E-state index in [1.54, 1.807) is 48.5 Å². The minimum atomic E-state index is -1.29. The number of aliphatic hydroxyl groups excluding tert-OH is 3. The van der Waals surface area contributed by atoms with Gasteiger partial charge in [0.05, 0.1) is 25.8 Å². The van der Waals surface area contributed by atoms with Gasteiger partial charge < -0.3 is 35.5 Å². The van der Waals surface area contributed by atoms with Crippen LogP contribution in [0.1, 0.15) is 30.2 Å². The van der Waals surface area contributed by atoms with E-state index < -0.39 is 48.9 Å². The first-order valence-corrected chi connectivity index (χ1v) is 14.3. The number of carbonyl (C=O) groups is 4. The molecule has 0 aliphatic carbocycles. The summed E-state index contributed by atoms with van der Waals surface area (Å²) in [4.78, 5) is 65.7. The average molecular weight is 632 g/mol. The van der Waals surface area contributed by atoms with E-state index in [1.807, 2.05) is 0 Å². The maximum Gasteiger partial charge on any atom is 0.337 e. The number of anilines is 3. The van der Waals surface area contributed by atoms with Crippen molar-refractivity contribution < 1.29 is 44.1 Å². The molecule has 2 aromatic heterocycles. The molecular formula is C30H29N7O9. The lowest BCUT2D eigenvalue weighted by molar-refractivity contribution is -0.197. The second-order valence-electron chi connectivity index (χ2n) is 10.7. The zero-order valence-corrected chi connectivity index (χ0v) is 24.1. The minimum Gasteiger partial charge on any atom is -0.394 e. The number of nitrogens with zero attached hydrogens (tertiary/aromatic N) is 5. The summed E-state index contributed by atoms with van der Waals surface area (Å²) in [5.74, 6) is -1.70. The van der Waals surface area contributed by atoms with Gasteiger partial charge in [-0.25, -0.2) is 19.7 Å². The fourth-order valence-corrected chi connectivity index (χ4v) is 5.14. The number of benzene rings is 2. The third kappa shape index (κ3) is 6.40. The van der Waals surface area contributed by atoms with Gasteiger partial charge in [0, 0.05) is 24.2 Å². The Morgan fingerprint density at radius 2 is 1.54 bits per heavy atom. The Balaban J connectivity index is 1.02. The standard InChI is InChI=1S/C30H29N7O9/c38-13-20-26(43)27(44)30(45-20)36-15-33-25-28(31-14-32-29(25)36)35-19-7-1-16(2-8-19)11-21(39)34-18-5-3-17(4-6-18)12-24(42)46-37-22(40)9-10-23(37)41/h1-8,14-15,20,26-27,30,38,43-44H,9-13H2,(H,34,39)(H,31,32,35)/t20-,26-,27-,30-/m1/s1. The largest absolute Gasteiger partial charge is 0.394 e. The van der Waals surface area contributed by atoms with Crippen LogP contribution in [0.25, 0.3) is 11.2 Å². The summed E-state index contributed by atoms with van der Waals surface area (Å²) in [6.07, 6.45) is -1.77. The highest BCUT2D eigenvalue weighted by atomic mass is 16.7. The number of fused-ring (bicyclic) bond motifs is 1. The van der Waals surface area contributed by atoms with Crippen molar-refractivity contribution in [2.75, 3.05) is 17.2 Å². The second kappa shape index (κ2) is 13.0. The Morgan fingerprint density at radius 3 is 2.20 bits per heavy atom. The van der Waals surface area contributed by atoms with Gasteiger partial charge in [-0.05, 0) is 35.4 Å². The van der Waals surface area contributed by atoms with Crippen LogP contribution in [-0.2, 0) is 41.6 Å². The number of hydroxylamine groups is 2. The Labute approximate surface area is 260 Å². The van der Waals surface area contributed by atoms with Gasteiger partial charge in [0.2, 0.25) is 5.91 Å². The fraction of sp³-hybridized carbons (Fsp3) is 0.300. The predicted octanol–water partition coefficient (Wildman–Crippen LogP) is 0.512. The van der Waals surface area contributed by atoms with Gasteiger partial charge in [0.15, 0.2) is 23.2 Å². The van der Waals surface area contributed by atoms with E-state index in [0.29, 0.717) is 39.0 Å². The third-order valence-corrected chi connectivity index (χ3v) is 7.52. The van der Waals surface area contributed by atoms with Crippen molar-refractivity contribution in [3.63, 3.8) is 0 Å². The number of ether oxygens (including phenoxy) is 1. The van der Waals surface area contributed by atoms with Crippen LogP contribution in [0.2, 0.25) is 0 Å². The van der Waals surface area contributed by atoms with Crippen LogP contribution in [0.15, 0.2) is 61.2 Å². The monoisotopic (exact) mass is 631 g/mol. The SMILES string of the molecule is O=C(Cc1ccc(Nc2ncnc3c2ncn3[C@@H]2O[C@H](CO)[C@@H](O)[C@H]2O)cc1)Nc1ccc(CC(=O)ON2C(=O)CCC2=O)cc1. The molecule has 3 amide bonds. The molecule has 2 aliphatic heterocycles. The first-order chi connectivity index (χ1) is 22.2. The lowest BCUT2D eigenvalue weighted by Crippen LogP contribution is -2.33. The van der Waals surface area contributed by atoms with Gasteiger partial charge in [-0.15, -0.1) is 5.06 Å². The zero-order valence-electron chi connectivity index (χ0n) is 24.1. The molecule has 0 bridgehead atoms. The molecule has 238 valence electrons. The predicted molar refractivity (Wildman–Crippen MR) is 158 cm³/mol. The van der Waals surface area contributed by atoms with Crippen molar-refractivity contribution in [3.05, 3.63) is 72.3 Å². The van der Waals surface area contributed by atoms with Gasteiger partial charge in [-0.3, -0.25) is 19.0 Å². The maximum atomic E-state index is 12.7. The normalized spacial score (nSPS) is 21.2. The molecule has 46 heavy (non-hydrogen) atoms. The van der Waals surface area contributed by atoms with Gasteiger partial charge >= 0.3 is 5.97 Å². The summed E-state index contributed by atoms with van der Waals surface area (Å²) in [5.41, 5.74) is 3.26. The number of rotatable bonds is 10. The van der Waals surface area contributed by atoms with Crippen LogP contribution in [-0.4, -0.2) is 88.5 Å². The number of imidazole rings is 1. The molecule has 16 heteroatoms. The molecule has 2 fully saturated rings. The van der Waals surface area contributed by atoms with Crippen molar-refractivity contribution in [2.24, 2.45) is 0 Å². The second-order valence-corrected chi connectivity index (χ2v) is 10.7. The molecule has 4 heterocycles. The molecule has 2 aliphatic rings. The minimum absolute atomic E-state index is 0.0200. The van der Waals surface area contributed by atoms with Crippen molar-refractivity contribution in [1.82, 2.24) is 24.6 Å². The number of aromatic nitrogens is 4. The van der Waals surface area contributed by atoms with Crippen LogP contribution in [0.5, 0.6) is 0 Å². The summed E-state index contributed by atoms with van der Waals surface area (Å²) in [6.45, 7) is -0.455. The fourth-order valence-electron chi connectivity index (χ4n) is 5.14. The average Bonchev–Trinajstić information content (AvgIpc) is 3.70. The van der Waals surface area contributed by atoms with Crippen molar-refractivity contribution >= 4 is 52.0 Å². The van der Waals surface area contributed by atoms with Gasteiger partial charge in [0.25, 0.3) is 11.8 Å². The number of nitrogens with one attached hydrogen (secondary N) is 2. The molecule has 16 nitrogen and oxygen atoms in total. The van der Waals surface area contributed by atoms with E-state index in [0.717, 1.165) is 5.56 Å². The van der Waals surface area contributed by atoms with E-state index in [4.69, 9.17) is 9.57 Å². The maximum absolute atomic E-state index is 12.7. The Hall–Kier alpha value is -5.29. The van der Waals surface area contributed by atoms with Crippen molar-refractivity contribution in [1.29, 1.82) is 0 Å². The zero-order chi connectivity index (χ0) is 32.4. The highest BCUT2D eigenvalue weighted by Gasteiger charge is 2.44. The van der Waals surface area contributed by atoms with Crippen LogP contribution >= 0.6 is 0 Å². The molecular weight excluding hydrogens is 602 g/mol. The van der Waals surface area contributed by atoms with Crippen molar-refractivity contribution in [3.8, 4) is 0 Å². The number of amides is 3. The number of aliphatic hydroxyl groups is 3. The number of hydrogen-bond acceptors (Lipinski definition) is 13. The van der Waals surface area contributed by atoms with E-state index >= 15 is 0 Å². The van der Waals surface area contributed by atoms with Gasteiger partial charge in [0.1, 0.15) is 24.6 Å². The quantitative estimate of drug-likeness (QED) is 0.151. The topological polar surface area (TPSA) is 218 Å². The summed E-state index contributed by atoms with van der Waals surface area (Å²) < 4.78 is 7.06. The summed E-state index contributed by atoms with van der Waals surface area (Å²) in [7, 11) is 0. The highest BCUT2D eigenvalue weighted by Crippen LogP contribution is 2.32. The van der Waals surface area contributed by atoms with E-state index in [9.17, 15) is 34.5 Å². The van der Waals surface area contributed by atoms with E-state index in [1.165, 1.54) is 17.2 Å². The third-order valence-electron chi connectivity index (χ3n) is 7.52. The summed E-state index contributed by atoms with van der Waals surface area (Å²) >= 11 is 0. The summed E-state index contributed by atoms with van der Waals surface area (Å²) in [6, 6.07) is 13.7. The first-order valence-electron chi connectivity index (χ1n) is 14.3. The van der Waals surface area contributed by atoms with E-state index in [2.05, 4.69) is 25.6 Å². The Bertz CT molecular complexity index is 1760. The molecule has 0 radical (unpaired) electrons. The number of hydrogen-bond donors (Lipinski definition) is 5. The van der Waals surface area contributed by atoms with Gasteiger partial charge in [-0.2, -0.15) is 0 Å². The van der Waals surface area contributed by atoms with Crippen LogP contribution in [0, 0.1) is 0 Å². The van der Waals surface area contributed by atoms with E-state index in [-0.39, 0.29) is 31.6 Å². The van der Waals surface area contributed by atoms with Gasteiger partial charge in [-0.1, -0.05) is 24.3 Å².